The SMILES string of the molecule is CCC(C)N(CCOC)CC(O)c1ccccc1. The molecule has 0 aliphatic carbocycles. The van der Waals surface area contributed by atoms with Crippen molar-refractivity contribution in [2.45, 2.75) is 32.4 Å². The Morgan fingerprint density at radius 1 is 1.28 bits per heavy atom. The van der Waals surface area contributed by atoms with Gasteiger partial charge in [0.2, 0.25) is 0 Å². The number of aliphatic hydroxyl groups is 1. The van der Waals surface area contributed by atoms with E-state index in [1.54, 1.807) is 7.11 Å². The van der Waals surface area contributed by atoms with Gasteiger partial charge in [-0.15, -0.1) is 0 Å². The molecule has 1 aromatic rings. The second-order valence-electron chi connectivity index (χ2n) is 4.67. The molecule has 3 nitrogen and oxygen atoms in total. The van der Waals surface area contributed by atoms with Gasteiger partial charge in [-0.25, -0.2) is 0 Å². The molecule has 18 heavy (non-hydrogen) atoms. The predicted molar refractivity (Wildman–Crippen MR) is 74.6 cm³/mol. The van der Waals surface area contributed by atoms with Crippen LogP contribution in [0.5, 0.6) is 0 Å². The summed E-state index contributed by atoms with van der Waals surface area (Å²) in [6.07, 6.45) is 0.641. The number of nitrogens with zero attached hydrogens (tertiary/aromatic N) is 1. The Labute approximate surface area is 110 Å². The fraction of sp³-hybridized carbons (Fsp3) is 0.600. The average Bonchev–Trinajstić information content (AvgIpc) is 2.43. The quantitative estimate of drug-likeness (QED) is 0.770. The Morgan fingerprint density at radius 2 is 1.94 bits per heavy atom. The van der Waals surface area contributed by atoms with Crippen LogP contribution in [0.2, 0.25) is 0 Å². The zero-order valence-corrected chi connectivity index (χ0v) is 11.7. The summed E-state index contributed by atoms with van der Waals surface area (Å²) in [7, 11) is 1.71. The molecule has 0 aromatic heterocycles. The van der Waals surface area contributed by atoms with Crippen LogP contribution in [-0.2, 0) is 4.74 Å². The molecule has 0 aliphatic rings. The molecule has 2 unspecified atom stereocenters. The highest BCUT2D eigenvalue weighted by atomic mass is 16.5. The molecular weight excluding hydrogens is 226 g/mol. The number of hydrogen-bond donors (Lipinski definition) is 1. The number of benzene rings is 1. The normalized spacial score (nSPS) is 14.7. The van der Waals surface area contributed by atoms with E-state index in [9.17, 15) is 5.11 Å². The van der Waals surface area contributed by atoms with Gasteiger partial charge < -0.3 is 9.84 Å². The van der Waals surface area contributed by atoms with Crippen molar-refractivity contribution in [2.24, 2.45) is 0 Å². The zero-order valence-electron chi connectivity index (χ0n) is 11.7. The van der Waals surface area contributed by atoms with E-state index in [1.165, 1.54) is 0 Å². The number of rotatable bonds is 8. The summed E-state index contributed by atoms with van der Waals surface area (Å²) < 4.78 is 5.13. The maximum Gasteiger partial charge on any atom is 0.0917 e. The molecule has 0 saturated heterocycles. The third kappa shape index (κ3) is 4.77. The molecular formula is C15H25NO2. The molecule has 1 aromatic carbocycles. The second-order valence-corrected chi connectivity index (χ2v) is 4.67. The highest BCUT2D eigenvalue weighted by Crippen LogP contribution is 2.15. The summed E-state index contributed by atoms with van der Waals surface area (Å²) in [5.74, 6) is 0. The standard InChI is InChI=1S/C15H25NO2/c1-4-13(2)16(10-11-18-3)12-15(17)14-8-6-5-7-9-14/h5-9,13,15,17H,4,10-12H2,1-3H3. The van der Waals surface area contributed by atoms with Gasteiger partial charge >= 0.3 is 0 Å². The monoisotopic (exact) mass is 251 g/mol. The predicted octanol–water partition coefficient (Wildman–Crippen LogP) is 2.47. The molecule has 0 fully saturated rings. The molecule has 1 rings (SSSR count). The van der Waals surface area contributed by atoms with E-state index in [0.717, 1.165) is 18.5 Å². The Bertz CT molecular complexity index is 316. The van der Waals surface area contributed by atoms with E-state index in [2.05, 4.69) is 18.7 Å². The lowest BCUT2D eigenvalue weighted by molar-refractivity contribution is 0.0668. The number of methoxy groups -OCH3 is 1. The molecule has 0 amide bonds. The maximum absolute atomic E-state index is 10.3. The molecule has 102 valence electrons. The molecule has 0 aliphatic heterocycles. The highest BCUT2D eigenvalue weighted by Gasteiger charge is 2.17. The molecule has 3 heteroatoms. The van der Waals surface area contributed by atoms with Crippen LogP contribution in [0.15, 0.2) is 30.3 Å². The average molecular weight is 251 g/mol. The first kappa shape index (κ1) is 15.2. The highest BCUT2D eigenvalue weighted by molar-refractivity contribution is 5.17. The van der Waals surface area contributed by atoms with Crippen molar-refractivity contribution in [2.75, 3.05) is 26.8 Å². The molecule has 0 heterocycles. The van der Waals surface area contributed by atoms with Crippen LogP contribution < -0.4 is 0 Å². The summed E-state index contributed by atoms with van der Waals surface area (Å²) in [4.78, 5) is 2.28. The van der Waals surface area contributed by atoms with Crippen molar-refractivity contribution in [1.82, 2.24) is 4.90 Å². The molecule has 0 saturated carbocycles. The first-order chi connectivity index (χ1) is 8.69. The van der Waals surface area contributed by atoms with Gasteiger partial charge in [0, 0.05) is 26.2 Å². The van der Waals surface area contributed by atoms with Crippen molar-refractivity contribution < 1.29 is 9.84 Å². The maximum atomic E-state index is 10.3. The third-order valence-electron chi connectivity index (χ3n) is 3.39. The van der Waals surface area contributed by atoms with Crippen LogP contribution in [0.25, 0.3) is 0 Å². The van der Waals surface area contributed by atoms with Crippen molar-refractivity contribution >= 4 is 0 Å². The van der Waals surface area contributed by atoms with Crippen LogP contribution in [0, 0.1) is 0 Å². The van der Waals surface area contributed by atoms with E-state index in [4.69, 9.17) is 4.74 Å². The molecule has 0 bridgehead atoms. The minimum atomic E-state index is -0.433. The van der Waals surface area contributed by atoms with Gasteiger partial charge in [0.15, 0.2) is 0 Å². The van der Waals surface area contributed by atoms with Gasteiger partial charge in [-0.1, -0.05) is 37.3 Å². The van der Waals surface area contributed by atoms with Gasteiger partial charge in [0.1, 0.15) is 0 Å². The summed E-state index contributed by atoms with van der Waals surface area (Å²) in [6, 6.07) is 10.3. The van der Waals surface area contributed by atoms with Crippen molar-refractivity contribution in [3.05, 3.63) is 35.9 Å². The lowest BCUT2D eigenvalue weighted by atomic mass is 10.1. The van der Waals surface area contributed by atoms with Crippen LogP contribution in [0.3, 0.4) is 0 Å². The topological polar surface area (TPSA) is 32.7 Å². The first-order valence-corrected chi connectivity index (χ1v) is 6.65. The second kappa shape index (κ2) is 8.25. The van der Waals surface area contributed by atoms with Gasteiger partial charge in [-0.05, 0) is 18.9 Å². The Kier molecular flexibility index (Phi) is 6.94. The van der Waals surface area contributed by atoms with Crippen molar-refractivity contribution in [3.63, 3.8) is 0 Å². The van der Waals surface area contributed by atoms with E-state index >= 15 is 0 Å². The van der Waals surface area contributed by atoms with E-state index in [1.807, 2.05) is 30.3 Å². The zero-order chi connectivity index (χ0) is 13.4. The molecule has 0 radical (unpaired) electrons. The molecule has 2 atom stereocenters. The van der Waals surface area contributed by atoms with Gasteiger partial charge in [-0.3, -0.25) is 4.90 Å². The summed E-state index contributed by atoms with van der Waals surface area (Å²) >= 11 is 0. The lowest BCUT2D eigenvalue weighted by Gasteiger charge is -2.30. The lowest BCUT2D eigenvalue weighted by Crippen LogP contribution is -2.38. The summed E-state index contributed by atoms with van der Waals surface area (Å²) in [5.41, 5.74) is 0.975. The Morgan fingerprint density at radius 3 is 2.50 bits per heavy atom. The largest absolute Gasteiger partial charge is 0.387 e. The van der Waals surface area contributed by atoms with Crippen molar-refractivity contribution in [3.8, 4) is 0 Å². The van der Waals surface area contributed by atoms with Crippen LogP contribution in [0.4, 0.5) is 0 Å². The third-order valence-corrected chi connectivity index (χ3v) is 3.39. The van der Waals surface area contributed by atoms with E-state index in [-0.39, 0.29) is 0 Å². The van der Waals surface area contributed by atoms with Crippen molar-refractivity contribution in [1.29, 1.82) is 0 Å². The van der Waals surface area contributed by atoms with E-state index < -0.39 is 6.10 Å². The number of ether oxygens (including phenoxy) is 1. The summed E-state index contributed by atoms with van der Waals surface area (Å²) in [5, 5.41) is 10.3. The van der Waals surface area contributed by atoms with Gasteiger partial charge in [-0.2, -0.15) is 0 Å². The van der Waals surface area contributed by atoms with Gasteiger partial charge in [0.05, 0.1) is 12.7 Å². The minimum Gasteiger partial charge on any atom is -0.387 e. The smallest absolute Gasteiger partial charge is 0.0917 e. The minimum absolute atomic E-state index is 0.433. The van der Waals surface area contributed by atoms with Gasteiger partial charge in [0.25, 0.3) is 0 Å². The Hall–Kier alpha value is -0.900. The number of hydrogen-bond acceptors (Lipinski definition) is 3. The van der Waals surface area contributed by atoms with Crippen LogP contribution >= 0.6 is 0 Å². The van der Waals surface area contributed by atoms with E-state index in [0.29, 0.717) is 19.2 Å². The fourth-order valence-electron chi connectivity index (χ4n) is 1.96. The summed E-state index contributed by atoms with van der Waals surface area (Å²) in [6.45, 7) is 6.57. The van der Waals surface area contributed by atoms with Crippen LogP contribution in [-0.4, -0.2) is 42.9 Å². The molecule has 0 spiro atoms. The Balaban J connectivity index is 2.59. The first-order valence-electron chi connectivity index (χ1n) is 6.65. The fourth-order valence-corrected chi connectivity index (χ4v) is 1.96. The van der Waals surface area contributed by atoms with Crippen LogP contribution in [0.1, 0.15) is 31.9 Å². The number of aliphatic hydroxyl groups excluding tert-OH is 1. The molecule has 1 N–H and O–H groups in total.